The van der Waals surface area contributed by atoms with Crippen molar-refractivity contribution in [2.24, 2.45) is 5.73 Å². The molecule has 100 valence electrons. The van der Waals surface area contributed by atoms with Crippen molar-refractivity contribution in [2.45, 2.75) is 43.3 Å². The van der Waals surface area contributed by atoms with E-state index in [2.05, 4.69) is 4.98 Å². The van der Waals surface area contributed by atoms with Crippen LogP contribution in [0.25, 0.3) is 0 Å². The summed E-state index contributed by atoms with van der Waals surface area (Å²) >= 11 is 0. The third kappa shape index (κ3) is 2.55. The zero-order valence-corrected chi connectivity index (χ0v) is 11.3. The number of sulfonamides is 1. The SMILES string of the molecule is C[C@H](N)[C@H]1CCCCN1S(=O)(=O)c1ccccn1. The maximum Gasteiger partial charge on any atom is 0.260 e. The van der Waals surface area contributed by atoms with Crippen molar-refractivity contribution >= 4 is 10.0 Å². The molecule has 0 aromatic carbocycles. The molecule has 1 fully saturated rings. The van der Waals surface area contributed by atoms with E-state index in [1.54, 1.807) is 12.1 Å². The molecule has 1 saturated heterocycles. The Morgan fingerprint density at radius 3 is 2.83 bits per heavy atom. The van der Waals surface area contributed by atoms with Crippen molar-refractivity contribution in [1.29, 1.82) is 0 Å². The second-order valence-electron chi connectivity index (χ2n) is 4.71. The van der Waals surface area contributed by atoms with Gasteiger partial charge in [0.2, 0.25) is 0 Å². The maximum absolute atomic E-state index is 12.5. The highest BCUT2D eigenvalue weighted by molar-refractivity contribution is 7.89. The third-order valence-corrected chi connectivity index (χ3v) is 5.16. The Morgan fingerprint density at radius 2 is 2.22 bits per heavy atom. The molecule has 0 bridgehead atoms. The van der Waals surface area contributed by atoms with Gasteiger partial charge in [-0.25, -0.2) is 13.4 Å². The number of hydrogen-bond acceptors (Lipinski definition) is 4. The fourth-order valence-electron chi connectivity index (χ4n) is 2.37. The van der Waals surface area contributed by atoms with Crippen LogP contribution in [-0.2, 0) is 10.0 Å². The second kappa shape index (κ2) is 5.34. The number of nitrogens with two attached hydrogens (primary N) is 1. The Morgan fingerprint density at radius 1 is 1.44 bits per heavy atom. The molecular formula is C12H19N3O2S. The van der Waals surface area contributed by atoms with E-state index in [4.69, 9.17) is 5.73 Å². The first kappa shape index (κ1) is 13.5. The van der Waals surface area contributed by atoms with Gasteiger partial charge in [-0.05, 0) is 31.9 Å². The quantitative estimate of drug-likeness (QED) is 0.887. The average Bonchev–Trinajstić information content (AvgIpc) is 2.39. The Bertz CT molecular complexity index is 487. The summed E-state index contributed by atoms with van der Waals surface area (Å²) in [5.74, 6) is 0. The summed E-state index contributed by atoms with van der Waals surface area (Å²) < 4.78 is 26.5. The minimum absolute atomic E-state index is 0.109. The van der Waals surface area contributed by atoms with Gasteiger partial charge in [0.1, 0.15) is 0 Å². The molecule has 0 unspecified atom stereocenters. The number of aromatic nitrogens is 1. The van der Waals surface area contributed by atoms with Crippen molar-refractivity contribution in [3.05, 3.63) is 24.4 Å². The van der Waals surface area contributed by atoms with Crippen LogP contribution in [0.4, 0.5) is 0 Å². The molecule has 5 nitrogen and oxygen atoms in total. The molecular weight excluding hydrogens is 250 g/mol. The van der Waals surface area contributed by atoms with E-state index in [1.165, 1.54) is 16.6 Å². The molecule has 2 N–H and O–H groups in total. The molecule has 0 spiro atoms. The van der Waals surface area contributed by atoms with E-state index >= 15 is 0 Å². The van der Waals surface area contributed by atoms with Crippen LogP contribution < -0.4 is 5.73 Å². The summed E-state index contributed by atoms with van der Waals surface area (Å²) in [5.41, 5.74) is 5.91. The Kier molecular flexibility index (Phi) is 3.99. The zero-order chi connectivity index (χ0) is 13.2. The van der Waals surface area contributed by atoms with Gasteiger partial charge in [-0.3, -0.25) is 0 Å². The lowest BCUT2D eigenvalue weighted by Crippen LogP contribution is -2.51. The molecule has 0 saturated carbocycles. The lowest BCUT2D eigenvalue weighted by atomic mass is 10.00. The molecule has 0 aliphatic carbocycles. The highest BCUT2D eigenvalue weighted by atomic mass is 32.2. The second-order valence-corrected chi connectivity index (χ2v) is 6.54. The van der Waals surface area contributed by atoms with Gasteiger partial charge in [-0.1, -0.05) is 12.5 Å². The standard InChI is InChI=1S/C12H19N3O2S/c1-10(13)11-6-3-5-9-15(11)18(16,17)12-7-2-4-8-14-12/h2,4,7-8,10-11H,3,5-6,9,13H2,1H3/t10-,11+/m0/s1. The first-order valence-electron chi connectivity index (χ1n) is 6.22. The lowest BCUT2D eigenvalue weighted by molar-refractivity contribution is 0.227. The predicted octanol–water partition coefficient (Wildman–Crippen LogP) is 0.972. The van der Waals surface area contributed by atoms with Gasteiger partial charge in [0.15, 0.2) is 5.03 Å². The van der Waals surface area contributed by atoms with Crippen molar-refractivity contribution in [1.82, 2.24) is 9.29 Å². The first-order chi connectivity index (χ1) is 8.53. The number of piperidine rings is 1. The molecule has 1 aliphatic rings. The summed E-state index contributed by atoms with van der Waals surface area (Å²) in [6.45, 7) is 2.39. The summed E-state index contributed by atoms with van der Waals surface area (Å²) in [7, 11) is -3.51. The smallest absolute Gasteiger partial charge is 0.260 e. The molecule has 1 aromatic heterocycles. The highest BCUT2D eigenvalue weighted by Crippen LogP contribution is 2.25. The molecule has 0 radical (unpaired) electrons. The van der Waals surface area contributed by atoms with Crippen LogP contribution in [-0.4, -0.2) is 36.3 Å². The van der Waals surface area contributed by atoms with Crippen LogP contribution >= 0.6 is 0 Å². The Balaban J connectivity index is 2.34. The van der Waals surface area contributed by atoms with Gasteiger partial charge >= 0.3 is 0 Å². The van der Waals surface area contributed by atoms with E-state index in [9.17, 15) is 8.42 Å². The van der Waals surface area contributed by atoms with Crippen LogP contribution in [0.5, 0.6) is 0 Å². The van der Waals surface area contributed by atoms with Crippen molar-refractivity contribution in [3.8, 4) is 0 Å². The van der Waals surface area contributed by atoms with Gasteiger partial charge in [0.25, 0.3) is 10.0 Å². The van der Waals surface area contributed by atoms with Gasteiger partial charge in [0, 0.05) is 24.8 Å². The monoisotopic (exact) mass is 269 g/mol. The largest absolute Gasteiger partial charge is 0.326 e. The maximum atomic E-state index is 12.5. The first-order valence-corrected chi connectivity index (χ1v) is 7.66. The molecule has 1 aromatic rings. The summed E-state index contributed by atoms with van der Waals surface area (Å²) in [6, 6.07) is 4.64. The van der Waals surface area contributed by atoms with Crippen LogP contribution in [0, 0.1) is 0 Å². The molecule has 1 aliphatic heterocycles. The average molecular weight is 269 g/mol. The molecule has 2 atom stereocenters. The Hall–Kier alpha value is -0.980. The minimum Gasteiger partial charge on any atom is -0.326 e. The van der Waals surface area contributed by atoms with E-state index in [0.717, 1.165) is 19.3 Å². The predicted molar refractivity (Wildman–Crippen MR) is 69.4 cm³/mol. The van der Waals surface area contributed by atoms with Gasteiger partial charge < -0.3 is 5.73 Å². The number of nitrogens with zero attached hydrogens (tertiary/aromatic N) is 2. The van der Waals surface area contributed by atoms with Crippen LogP contribution in [0.1, 0.15) is 26.2 Å². The fraction of sp³-hybridized carbons (Fsp3) is 0.583. The van der Waals surface area contributed by atoms with Crippen molar-refractivity contribution < 1.29 is 8.42 Å². The summed E-state index contributed by atoms with van der Waals surface area (Å²) in [4.78, 5) is 3.95. The molecule has 2 heterocycles. The lowest BCUT2D eigenvalue weighted by Gasteiger charge is -2.36. The molecule has 6 heteroatoms. The van der Waals surface area contributed by atoms with E-state index in [1.807, 2.05) is 6.92 Å². The topological polar surface area (TPSA) is 76.3 Å². The normalized spacial score (nSPS) is 23.8. The molecule has 0 amide bonds. The molecule has 2 rings (SSSR count). The number of rotatable bonds is 3. The minimum atomic E-state index is -3.51. The van der Waals surface area contributed by atoms with E-state index in [0.29, 0.717) is 6.54 Å². The Labute approximate surface area is 108 Å². The number of hydrogen-bond donors (Lipinski definition) is 1. The van der Waals surface area contributed by atoms with Gasteiger partial charge in [-0.2, -0.15) is 4.31 Å². The van der Waals surface area contributed by atoms with Crippen LogP contribution in [0.2, 0.25) is 0 Å². The fourth-order valence-corrected chi connectivity index (χ4v) is 4.08. The van der Waals surface area contributed by atoms with Crippen molar-refractivity contribution in [3.63, 3.8) is 0 Å². The summed E-state index contributed by atoms with van der Waals surface area (Å²) in [5, 5.41) is 0.109. The summed E-state index contributed by atoms with van der Waals surface area (Å²) in [6.07, 6.45) is 4.23. The highest BCUT2D eigenvalue weighted by Gasteiger charge is 2.35. The van der Waals surface area contributed by atoms with E-state index in [-0.39, 0.29) is 17.1 Å². The zero-order valence-electron chi connectivity index (χ0n) is 10.5. The molecule has 18 heavy (non-hydrogen) atoms. The van der Waals surface area contributed by atoms with E-state index < -0.39 is 10.0 Å². The van der Waals surface area contributed by atoms with Gasteiger partial charge in [0.05, 0.1) is 0 Å². The third-order valence-electron chi connectivity index (χ3n) is 3.32. The van der Waals surface area contributed by atoms with Crippen LogP contribution in [0.3, 0.4) is 0 Å². The van der Waals surface area contributed by atoms with Crippen LogP contribution in [0.15, 0.2) is 29.4 Å². The number of pyridine rings is 1. The van der Waals surface area contributed by atoms with Crippen molar-refractivity contribution in [2.75, 3.05) is 6.54 Å². The van der Waals surface area contributed by atoms with Gasteiger partial charge in [-0.15, -0.1) is 0 Å².